The Hall–Kier alpha value is -2.36. The molecule has 0 radical (unpaired) electrons. The van der Waals surface area contributed by atoms with Gasteiger partial charge in [-0.3, -0.25) is 4.79 Å². The van der Waals surface area contributed by atoms with E-state index in [9.17, 15) is 9.18 Å². The molecule has 0 saturated heterocycles. The molecule has 0 aliphatic carbocycles. The number of furan rings is 1. The van der Waals surface area contributed by atoms with Crippen LogP contribution in [0.1, 0.15) is 51.7 Å². The second-order valence-electron chi connectivity index (χ2n) is 6.30. The summed E-state index contributed by atoms with van der Waals surface area (Å²) < 4.78 is 18.6. The first-order valence-corrected chi connectivity index (χ1v) is 8.93. The van der Waals surface area contributed by atoms with Crippen LogP contribution in [-0.4, -0.2) is 11.9 Å². The van der Waals surface area contributed by atoms with Gasteiger partial charge in [-0.05, 0) is 55.8 Å². The predicted molar refractivity (Wildman–Crippen MR) is 99.5 cm³/mol. The molecule has 4 heteroatoms. The van der Waals surface area contributed by atoms with Crippen molar-refractivity contribution in [3.05, 3.63) is 54.1 Å². The zero-order valence-electron chi connectivity index (χ0n) is 14.9. The first kappa shape index (κ1) is 19.0. The summed E-state index contributed by atoms with van der Waals surface area (Å²) in [5, 5.41) is 2.96. The maximum atomic E-state index is 13.0. The standard InChI is InChI=1S/C21H26FNO2/c1-3-4-5-6-7-16(2)23-21(24)15-13-19-12-14-20(25-19)17-8-10-18(22)11-9-17/h8-16H,3-7H2,1-2H3,(H,23,24)/b15-13+/t16-/m1/s1. The number of hydrogen-bond donors (Lipinski definition) is 1. The molecule has 1 aromatic carbocycles. The maximum absolute atomic E-state index is 13.0. The molecular weight excluding hydrogens is 317 g/mol. The van der Waals surface area contributed by atoms with Gasteiger partial charge in [-0.1, -0.05) is 32.6 Å². The van der Waals surface area contributed by atoms with E-state index >= 15 is 0 Å². The van der Waals surface area contributed by atoms with Gasteiger partial charge in [0.05, 0.1) is 0 Å². The quantitative estimate of drug-likeness (QED) is 0.477. The third kappa shape index (κ3) is 6.57. The molecule has 0 aliphatic heterocycles. The Kier molecular flexibility index (Phi) is 7.45. The van der Waals surface area contributed by atoms with Gasteiger partial charge in [0.1, 0.15) is 17.3 Å². The Labute approximate surface area is 148 Å². The molecule has 1 atom stereocenters. The van der Waals surface area contributed by atoms with Gasteiger partial charge in [0.15, 0.2) is 0 Å². The highest BCUT2D eigenvalue weighted by Gasteiger charge is 2.06. The normalized spacial score (nSPS) is 12.4. The number of carbonyl (C=O) groups is 1. The summed E-state index contributed by atoms with van der Waals surface area (Å²) in [6, 6.07) is 9.87. The van der Waals surface area contributed by atoms with Crippen LogP contribution in [0, 0.1) is 5.82 Å². The van der Waals surface area contributed by atoms with Crippen molar-refractivity contribution in [2.75, 3.05) is 0 Å². The fraction of sp³-hybridized carbons (Fsp3) is 0.381. The molecule has 0 fully saturated rings. The molecule has 0 bridgehead atoms. The molecule has 1 heterocycles. The van der Waals surface area contributed by atoms with E-state index < -0.39 is 0 Å². The Bertz CT molecular complexity index is 688. The summed E-state index contributed by atoms with van der Waals surface area (Å²) in [6.07, 6.45) is 8.93. The zero-order chi connectivity index (χ0) is 18.1. The molecule has 0 unspecified atom stereocenters. The third-order valence-corrected chi connectivity index (χ3v) is 4.03. The van der Waals surface area contributed by atoms with E-state index in [1.807, 2.05) is 6.92 Å². The van der Waals surface area contributed by atoms with Gasteiger partial charge in [0.2, 0.25) is 5.91 Å². The fourth-order valence-corrected chi connectivity index (χ4v) is 2.61. The minimum Gasteiger partial charge on any atom is -0.457 e. The monoisotopic (exact) mass is 343 g/mol. The Morgan fingerprint density at radius 1 is 1.16 bits per heavy atom. The van der Waals surface area contributed by atoms with E-state index in [1.54, 1.807) is 30.3 Å². The fourth-order valence-electron chi connectivity index (χ4n) is 2.61. The van der Waals surface area contributed by atoms with Crippen LogP contribution in [0.25, 0.3) is 17.4 Å². The van der Waals surface area contributed by atoms with Gasteiger partial charge in [-0.15, -0.1) is 0 Å². The van der Waals surface area contributed by atoms with E-state index in [0.29, 0.717) is 11.5 Å². The van der Waals surface area contributed by atoms with Crippen LogP contribution in [-0.2, 0) is 4.79 Å². The van der Waals surface area contributed by atoms with E-state index in [0.717, 1.165) is 18.4 Å². The molecule has 3 nitrogen and oxygen atoms in total. The largest absolute Gasteiger partial charge is 0.457 e. The van der Waals surface area contributed by atoms with Crippen molar-refractivity contribution in [2.45, 2.75) is 52.0 Å². The molecule has 1 aromatic heterocycles. The summed E-state index contributed by atoms with van der Waals surface area (Å²) >= 11 is 0. The van der Waals surface area contributed by atoms with Crippen molar-refractivity contribution in [3.63, 3.8) is 0 Å². The Balaban J connectivity index is 1.83. The molecule has 1 amide bonds. The number of unbranched alkanes of at least 4 members (excludes halogenated alkanes) is 3. The van der Waals surface area contributed by atoms with E-state index in [2.05, 4.69) is 12.2 Å². The van der Waals surface area contributed by atoms with Crippen molar-refractivity contribution in [2.24, 2.45) is 0 Å². The average Bonchev–Trinajstić information content (AvgIpc) is 3.06. The van der Waals surface area contributed by atoms with Crippen molar-refractivity contribution >= 4 is 12.0 Å². The van der Waals surface area contributed by atoms with Crippen LogP contribution in [0.15, 0.2) is 46.9 Å². The van der Waals surface area contributed by atoms with Crippen LogP contribution in [0.3, 0.4) is 0 Å². The molecule has 0 spiro atoms. The van der Waals surface area contributed by atoms with Gasteiger partial charge in [-0.25, -0.2) is 4.39 Å². The number of hydrogen-bond acceptors (Lipinski definition) is 2. The lowest BCUT2D eigenvalue weighted by Gasteiger charge is -2.11. The smallest absolute Gasteiger partial charge is 0.244 e. The molecular formula is C21H26FNO2. The first-order chi connectivity index (χ1) is 12.1. The third-order valence-electron chi connectivity index (χ3n) is 4.03. The second kappa shape index (κ2) is 9.82. The number of carbonyl (C=O) groups excluding carboxylic acids is 1. The Morgan fingerprint density at radius 3 is 2.64 bits per heavy atom. The summed E-state index contributed by atoms with van der Waals surface area (Å²) in [6.45, 7) is 4.21. The maximum Gasteiger partial charge on any atom is 0.244 e. The molecule has 2 rings (SSSR count). The highest BCUT2D eigenvalue weighted by atomic mass is 19.1. The molecule has 2 aromatic rings. The van der Waals surface area contributed by atoms with E-state index in [4.69, 9.17) is 4.42 Å². The molecule has 134 valence electrons. The van der Waals surface area contributed by atoms with E-state index in [1.165, 1.54) is 37.5 Å². The highest BCUT2D eigenvalue weighted by molar-refractivity contribution is 5.91. The molecule has 25 heavy (non-hydrogen) atoms. The average molecular weight is 343 g/mol. The molecule has 0 saturated carbocycles. The van der Waals surface area contributed by atoms with Gasteiger partial charge >= 0.3 is 0 Å². The second-order valence-corrected chi connectivity index (χ2v) is 6.30. The van der Waals surface area contributed by atoms with Crippen LogP contribution in [0.2, 0.25) is 0 Å². The lowest BCUT2D eigenvalue weighted by Crippen LogP contribution is -2.30. The van der Waals surface area contributed by atoms with Crippen LogP contribution in [0.4, 0.5) is 4.39 Å². The topological polar surface area (TPSA) is 42.2 Å². The summed E-state index contributed by atoms with van der Waals surface area (Å²) in [7, 11) is 0. The number of halogens is 1. The Morgan fingerprint density at radius 2 is 1.92 bits per heavy atom. The van der Waals surface area contributed by atoms with Crippen molar-refractivity contribution in [1.29, 1.82) is 0 Å². The van der Waals surface area contributed by atoms with Crippen molar-refractivity contribution in [3.8, 4) is 11.3 Å². The number of amides is 1. The number of nitrogens with one attached hydrogen (secondary N) is 1. The van der Waals surface area contributed by atoms with Crippen molar-refractivity contribution < 1.29 is 13.6 Å². The van der Waals surface area contributed by atoms with Gasteiger partial charge in [0, 0.05) is 17.7 Å². The van der Waals surface area contributed by atoms with Gasteiger partial charge in [-0.2, -0.15) is 0 Å². The number of benzene rings is 1. The van der Waals surface area contributed by atoms with Crippen LogP contribution < -0.4 is 5.32 Å². The summed E-state index contributed by atoms with van der Waals surface area (Å²) in [4.78, 5) is 11.9. The molecule has 0 aliphatic rings. The first-order valence-electron chi connectivity index (χ1n) is 8.93. The zero-order valence-corrected chi connectivity index (χ0v) is 14.9. The summed E-state index contributed by atoms with van der Waals surface area (Å²) in [5.74, 6) is 0.827. The highest BCUT2D eigenvalue weighted by Crippen LogP contribution is 2.23. The number of rotatable bonds is 9. The van der Waals surface area contributed by atoms with Crippen LogP contribution >= 0.6 is 0 Å². The van der Waals surface area contributed by atoms with Gasteiger partial charge < -0.3 is 9.73 Å². The predicted octanol–water partition coefficient (Wildman–Crippen LogP) is 5.57. The van der Waals surface area contributed by atoms with Crippen molar-refractivity contribution in [1.82, 2.24) is 5.32 Å². The minimum absolute atomic E-state index is 0.122. The lowest BCUT2D eigenvalue weighted by atomic mass is 10.1. The minimum atomic E-state index is -0.282. The lowest BCUT2D eigenvalue weighted by molar-refractivity contribution is -0.117. The SMILES string of the molecule is CCCCCC[C@@H](C)NC(=O)/C=C/c1ccc(-c2ccc(F)cc2)o1. The van der Waals surface area contributed by atoms with Gasteiger partial charge in [0.25, 0.3) is 0 Å². The van der Waals surface area contributed by atoms with Crippen LogP contribution in [0.5, 0.6) is 0 Å². The molecule has 1 N–H and O–H groups in total. The van der Waals surface area contributed by atoms with E-state index in [-0.39, 0.29) is 17.8 Å². The summed E-state index contributed by atoms with van der Waals surface area (Å²) in [5.41, 5.74) is 0.797.